The molecule has 0 aliphatic carbocycles. The van der Waals surface area contributed by atoms with Gasteiger partial charge in [-0.15, -0.1) is 0 Å². The van der Waals surface area contributed by atoms with Crippen molar-refractivity contribution in [1.82, 2.24) is 9.88 Å². The molecular weight excluding hydrogens is 400 g/mol. The zero-order chi connectivity index (χ0) is 20.7. The average Bonchev–Trinajstić information content (AvgIpc) is 3.49. The maximum Gasteiger partial charge on any atom is 0.280 e. The Hall–Kier alpha value is -3.13. The largest absolute Gasteiger partial charge is 0.459 e. The molecule has 1 saturated heterocycles. The number of nitro benzene ring substituents is 1. The molecule has 8 heteroatoms. The number of furan rings is 1. The highest BCUT2D eigenvalue weighted by Crippen LogP contribution is 2.49. The van der Waals surface area contributed by atoms with Crippen LogP contribution >= 0.6 is 11.8 Å². The fraction of sp³-hybridized carbons (Fsp3) is 0.273. The lowest BCUT2D eigenvalue weighted by Gasteiger charge is -2.30. The second kappa shape index (κ2) is 7.60. The number of thioether (sulfide) groups is 1. The monoisotopic (exact) mass is 420 g/mol. The first-order valence-corrected chi connectivity index (χ1v) is 10.9. The highest BCUT2D eigenvalue weighted by Gasteiger charge is 2.47. The van der Waals surface area contributed by atoms with Gasteiger partial charge in [-0.05, 0) is 36.8 Å². The van der Waals surface area contributed by atoms with Crippen molar-refractivity contribution in [2.45, 2.75) is 31.5 Å². The van der Waals surface area contributed by atoms with Crippen LogP contribution in [0.3, 0.4) is 0 Å². The number of benzene rings is 1. The van der Waals surface area contributed by atoms with Gasteiger partial charge in [0.1, 0.15) is 23.6 Å². The summed E-state index contributed by atoms with van der Waals surface area (Å²) in [7, 11) is 0. The number of hydrogen-bond donors (Lipinski definition) is 0. The van der Waals surface area contributed by atoms with Gasteiger partial charge in [0.2, 0.25) is 0 Å². The molecule has 0 amide bonds. The van der Waals surface area contributed by atoms with E-state index in [4.69, 9.17) is 9.41 Å². The van der Waals surface area contributed by atoms with Crippen LogP contribution in [0.5, 0.6) is 0 Å². The number of aromatic nitrogens is 1. The fourth-order valence-electron chi connectivity index (χ4n) is 4.16. The van der Waals surface area contributed by atoms with Crippen LogP contribution in [0.25, 0.3) is 11.3 Å². The van der Waals surface area contributed by atoms with E-state index >= 15 is 0 Å². The summed E-state index contributed by atoms with van der Waals surface area (Å²) in [4.78, 5) is 22.9. The molecule has 2 aromatic heterocycles. The number of nitro groups is 1. The molecule has 0 spiro atoms. The minimum atomic E-state index is -0.380. The summed E-state index contributed by atoms with van der Waals surface area (Å²) < 4.78 is 6.24. The van der Waals surface area contributed by atoms with E-state index in [-0.39, 0.29) is 22.7 Å². The normalized spacial score (nSPS) is 22.8. The van der Waals surface area contributed by atoms with Gasteiger partial charge >= 0.3 is 0 Å². The van der Waals surface area contributed by atoms with Crippen molar-refractivity contribution >= 4 is 22.6 Å². The molecule has 0 unspecified atom stereocenters. The summed E-state index contributed by atoms with van der Waals surface area (Å²) in [6, 6.07) is 16.3. The van der Waals surface area contributed by atoms with Crippen LogP contribution in [0.15, 0.2) is 70.2 Å². The minimum Gasteiger partial charge on any atom is -0.459 e. The third-order valence-electron chi connectivity index (χ3n) is 5.61. The van der Waals surface area contributed by atoms with Crippen LogP contribution in [0, 0.1) is 10.1 Å². The van der Waals surface area contributed by atoms with Crippen LogP contribution in [0.1, 0.15) is 36.9 Å². The smallest absolute Gasteiger partial charge is 0.280 e. The van der Waals surface area contributed by atoms with Crippen LogP contribution in [-0.4, -0.2) is 31.8 Å². The number of nitrogens with zero attached hydrogens (tertiary/aromatic N) is 4. The molecule has 2 aliphatic rings. The van der Waals surface area contributed by atoms with Gasteiger partial charge in [-0.1, -0.05) is 36.9 Å². The molecular formula is C22H20N4O3S. The number of para-hydroxylation sites is 1. The van der Waals surface area contributed by atoms with E-state index in [9.17, 15) is 10.1 Å². The summed E-state index contributed by atoms with van der Waals surface area (Å²) in [6.07, 6.45) is 2.79. The van der Waals surface area contributed by atoms with Gasteiger partial charge in [0.15, 0.2) is 5.17 Å². The number of rotatable bonds is 5. The third-order valence-corrected chi connectivity index (χ3v) is 6.74. The number of hydrogen-bond acceptors (Lipinski definition) is 7. The van der Waals surface area contributed by atoms with Crippen molar-refractivity contribution in [2.24, 2.45) is 4.99 Å². The predicted octanol–water partition coefficient (Wildman–Crippen LogP) is 5.23. The second-order valence-electron chi connectivity index (χ2n) is 7.31. The van der Waals surface area contributed by atoms with E-state index in [1.807, 2.05) is 30.3 Å². The Morgan fingerprint density at radius 1 is 1.20 bits per heavy atom. The Morgan fingerprint density at radius 2 is 2.03 bits per heavy atom. The average molecular weight is 420 g/mol. The Kier molecular flexibility index (Phi) is 4.78. The maximum atomic E-state index is 11.5. The highest BCUT2D eigenvalue weighted by atomic mass is 32.2. The van der Waals surface area contributed by atoms with E-state index in [1.165, 1.54) is 6.07 Å². The summed E-state index contributed by atoms with van der Waals surface area (Å²) in [5, 5.41) is 12.5. The third kappa shape index (κ3) is 3.08. The summed E-state index contributed by atoms with van der Waals surface area (Å²) in [5.41, 5.74) is 1.40. The lowest BCUT2D eigenvalue weighted by molar-refractivity contribution is -0.384. The zero-order valence-corrected chi connectivity index (χ0v) is 17.2. The maximum absolute atomic E-state index is 11.5. The summed E-state index contributed by atoms with van der Waals surface area (Å²) >= 11 is 1.77. The van der Waals surface area contributed by atoms with E-state index < -0.39 is 0 Å². The molecule has 1 fully saturated rings. The van der Waals surface area contributed by atoms with E-state index in [0.717, 1.165) is 28.8 Å². The van der Waals surface area contributed by atoms with Crippen LogP contribution in [0.2, 0.25) is 0 Å². The van der Waals surface area contributed by atoms with Gasteiger partial charge in [-0.25, -0.2) is 4.99 Å². The lowest BCUT2D eigenvalue weighted by atomic mass is 10.0. The summed E-state index contributed by atoms with van der Waals surface area (Å²) in [6.45, 7) is 2.18. The van der Waals surface area contributed by atoms with Crippen LogP contribution < -0.4 is 0 Å². The molecule has 0 N–H and O–H groups in total. The molecule has 0 radical (unpaired) electrons. The van der Waals surface area contributed by atoms with Gasteiger partial charge in [0, 0.05) is 24.1 Å². The number of aliphatic imine (C=N–C) groups is 1. The van der Waals surface area contributed by atoms with Crippen molar-refractivity contribution in [3.8, 4) is 11.3 Å². The number of amidine groups is 1. The second-order valence-corrected chi connectivity index (χ2v) is 8.30. The Bertz CT molecular complexity index is 1110. The molecule has 0 bridgehead atoms. The minimum absolute atomic E-state index is 0.0335. The standard InChI is InChI=1S/C22H20N4O3S/c1-2-14-13-30-22-24-20(16-8-5-6-12-23-16)21(25(14)22)19-11-10-18(29-19)15-7-3-4-9-17(15)26(27)28/h3-12,14,20-21H,2,13H2,1H3/t14-,20-,21-/m1/s1. The Labute approximate surface area is 178 Å². The molecule has 4 heterocycles. The van der Waals surface area contributed by atoms with Gasteiger partial charge < -0.3 is 9.32 Å². The lowest BCUT2D eigenvalue weighted by Crippen LogP contribution is -2.35. The van der Waals surface area contributed by atoms with Crippen LogP contribution in [0.4, 0.5) is 5.69 Å². The van der Waals surface area contributed by atoms with Gasteiger partial charge in [0.05, 0.1) is 16.2 Å². The first-order chi connectivity index (χ1) is 14.7. The van der Waals surface area contributed by atoms with Gasteiger partial charge in [-0.2, -0.15) is 0 Å². The first-order valence-electron chi connectivity index (χ1n) is 9.90. The van der Waals surface area contributed by atoms with Crippen molar-refractivity contribution < 1.29 is 9.34 Å². The first kappa shape index (κ1) is 18.9. The van der Waals surface area contributed by atoms with Gasteiger partial charge in [-0.3, -0.25) is 15.1 Å². The number of fused-ring (bicyclic) bond motifs is 1. The van der Waals surface area contributed by atoms with E-state index in [1.54, 1.807) is 36.2 Å². The molecule has 0 saturated carbocycles. The highest BCUT2D eigenvalue weighted by molar-refractivity contribution is 8.14. The molecule has 3 atom stereocenters. The molecule has 7 nitrogen and oxygen atoms in total. The quantitative estimate of drug-likeness (QED) is 0.415. The van der Waals surface area contributed by atoms with Crippen molar-refractivity contribution in [3.63, 3.8) is 0 Å². The fourth-order valence-corrected chi connectivity index (χ4v) is 5.49. The number of pyridine rings is 1. The van der Waals surface area contributed by atoms with Gasteiger partial charge in [0.25, 0.3) is 5.69 Å². The Morgan fingerprint density at radius 3 is 2.80 bits per heavy atom. The zero-order valence-electron chi connectivity index (χ0n) is 16.3. The molecule has 152 valence electrons. The topological polar surface area (TPSA) is 84.8 Å². The van der Waals surface area contributed by atoms with Crippen molar-refractivity contribution in [2.75, 3.05) is 5.75 Å². The predicted molar refractivity (Wildman–Crippen MR) is 116 cm³/mol. The summed E-state index contributed by atoms with van der Waals surface area (Å²) in [5.74, 6) is 2.24. The molecule has 3 aromatic rings. The van der Waals surface area contributed by atoms with Crippen LogP contribution in [-0.2, 0) is 0 Å². The molecule has 1 aromatic carbocycles. The SMILES string of the molecule is CC[C@@H]1CSC2=N[C@H](c3ccccn3)[C@@H](c3ccc(-c4ccccc4[N+](=O)[O-])o3)N21. The van der Waals surface area contributed by atoms with E-state index in [2.05, 4.69) is 16.8 Å². The Balaban J connectivity index is 1.57. The molecule has 30 heavy (non-hydrogen) atoms. The van der Waals surface area contributed by atoms with Crippen molar-refractivity contribution in [1.29, 1.82) is 0 Å². The van der Waals surface area contributed by atoms with E-state index in [0.29, 0.717) is 17.4 Å². The molecule has 5 rings (SSSR count). The molecule has 2 aliphatic heterocycles. The van der Waals surface area contributed by atoms with Crippen molar-refractivity contribution in [3.05, 3.63) is 82.4 Å².